The van der Waals surface area contributed by atoms with E-state index in [0.717, 1.165) is 37.0 Å². The number of halogens is 3. The van der Waals surface area contributed by atoms with E-state index in [1.165, 1.54) is 17.8 Å². The minimum absolute atomic E-state index is 0.233. The van der Waals surface area contributed by atoms with Crippen LogP contribution >= 0.6 is 43.6 Å². The average Bonchev–Trinajstić information content (AvgIpc) is 2.73. The molecular weight excluding hydrogens is 515 g/mol. The molecule has 1 aromatic heterocycles. The highest BCUT2D eigenvalue weighted by atomic mass is 79.9. The van der Waals surface area contributed by atoms with Crippen LogP contribution in [0.25, 0.3) is 22.5 Å². The number of hydrogen-bond donors (Lipinski definition) is 0. The Morgan fingerprint density at radius 1 is 0.724 bits per heavy atom. The highest BCUT2D eigenvalue weighted by Crippen LogP contribution is 2.29. The topological polar surface area (TPSA) is 25.8 Å². The second-order valence-corrected chi connectivity index (χ2v) is 9.13. The molecule has 0 spiro atoms. The van der Waals surface area contributed by atoms with E-state index in [9.17, 15) is 4.39 Å². The number of hydrogen-bond acceptors (Lipinski definition) is 3. The van der Waals surface area contributed by atoms with Crippen molar-refractivity contribution in [2.45, 2.75) is 10.9 Å². The molecule has 0 bridgehead atoms. The third-order valence-electron chi connectivity index (χ3n) is 4.24. The molecule has 144 valence electrons. The van der Waals surface area contributed by atoms with E-state index in [0.29, 0.717) is 10.9 Å². The fraction of sp³-hybridized carbons (Fsp3) is 0.0435. The third kappa shape index (κ3) is 5.32. The highest BCUT2D eigenvalue weighted by molar-refractivity contribution is 9.10. The molecule has 0 saturated carbocycles. The van der Waals surface area contributed by atoms with E-state index in [2.05, 4.69) is 31.9 Å². The van der Waals surface area contributed by atoms with Gasteiger partial charge in [-0.3, -0.25) is 0 Å². The van der Waals surface area contributed by atoms with Crippen LogP contribution in [-0.2, 0) is 5.75 Å². The number of aromatic nitrogens is 2. The molecule has 0 aliphatic rings. The molecule has 1 heterocycles. The van der Waals surface area contributed by atoms with Gasteiger partial charge >= 0.3 is 0 Å². The largest absolute Gasteiger partial charge is 0.222 e. The van der Waals surface area contributed by atoms with E-state index < -0.39 is 0 Å². The number of nitrogens with zero attached hydrogens (tertiary/aromatic N) is 2. The summed E-state index contributed by atoms with van der Waals surface area (Å²) in [6.45, 7) is 0. The maximum absolute atomic E-state index is 13.5. The number of rotatable bonds is 5. The Labute approximate surface area is 189 Å². The standard InChI is InChI=1S/C23H15Br2FN2S/c24-18-8-4-16(5-9-18)21-13-22(17-6-10-19(25)11-7-17)28-23(27-21)29-14-15-2-1-3-20(26)12-15/h1-13H,14H2. The van der Waals surface area contributed by atoms with Crippen molar-refractivity contribution in [3.63, 3.8) is 0 Å². The van der Waals surface area contributed by atoms with Crippen LogP contribution in [0.5, 0.6) is 0 Å². The van der Waals surface area contributed by atoms with E-state index in [1.807, 2.05) is 60.7 Å². The highest BCUT2D eigenvalue weighted by Gasteiger charge is 2.10. The first kappa shape index (κ1) is 20.3. The molecule has 0 amide bonds. The summed E-state index contributed by atoms with van der Waals surface area (Å²) in [5.41, 5.74) is 4.64. The molecule has 0 fully saturated rings. The lowest BCUT2D eigenvalue weighted by molar-refractivity contribution is 0.626. The Bertz CT molecular complexity index is 1070. The van der Waals surface area contributed by atoms with Crippen LogP contribution in [0.15, 0.2) is 93.0 Å². The van der Waals surface area contributed by atoms with Crippen LogP contribution in [-0.4, -0.2) is 9.97 Å². The predicted molar refractivity (Wildman–Crippen MR) is 124 cm³/mol. The Hall–Kier alpha value is -2.02. The Kier molecular flexibility index (Phi) is 6.43. The lowest BCUT2D eigenvalue weighted by Gasteiger charge is -2.09. The van der Waals surface area contributed by atoms with Gasteiger partial charge in [-0.1, -0.05) is 80.0 Å². The van der Waals surface area contributed by atoms with Gasteiger partial charge in [0, 0.05) is 25.8 Å². The van der Waals surface area contributed by atoms with Gasteiger partial charge in [-0.25, -0.2) is 14.4 Å². The lowest BCUT2D eigenvalue weighted by Crippen LogP contribution is -1.95. The first-order valence-electron chi connectivity index (χ1n) is 8.85. The molecule has 29 heavy (non-hydrogen) atoms. The molecule has 0 saturated heterocycles. The summed E-state index contributed by atoms with van der Waals surface area (Å²) >= 11 is 8.45. The monoisotopic (exact) mass is 528 g/mol. The minimum Gasteiger partial charge on any atom is -0.222 e. The van der Waals surface area contributed by atoms with Gasteiger partial charge in [-0.15, -0.1) is 0 Å². The molecule has 0 radical (unpaired) electrons. The van der Waals surface area contributed by atoms with Crippen LogP contribution in [0, 0.1) is 5.82 Å². The molecule has 0 atom stereocenters. The smallest absolute Gasteiger partial charge is 0.189 e. The van der Waals surface area contributed by atoms with Crippen LogP contribution in [0.3, 0.4) is 0 Å². The van der Waals surface area contributed by atoms with Crippen molar-refractivity contribution in [3.05, 3.63) is 99.2 Å². The maximum atomic E-state index is 13.5. The summed E-state index contributed by atoms with van der Waals surface area (Å²) in [5.74, 6) is 0.365. The van der Waals surface area contributed by atoms with Gasteiger partial charge in [0.15, 0.2) is 5.16 Å². The van der Waals surface area contributed by atoms with Crippen molar-refractivity contribution >= 4 is 43.6 Å². The van der Waals surface area contributed by atoms with Crippen molar-refractivity contribution in [3.8, 4) is 22.5 Å². The van der Waals surface area contributed by atoms with Crippen molar-refractivity contribution in [1.82, 2.24) is 9.97 Å². The Morgan fingerprint density at radius 3 is 1.79 bits per heavy atom. The fourth-order valence-corrected chi connectivity index (χ4v) is 4.13. The van der Waals surface area contributed by atoms with Crippen LogP contribution in [0.4, 0.5) is 4.39 Å². The maximum Gasteiger partial charge on any atom is 0.189 e. The van der Waals surface area contributed by atoms with Crippen LogP contribution in [0.2, 0.25) is 0 Å². The van der Waals surface area contributed by atoms with Gasteiger partial charge in [0.25, 0.3) is 0 Å². The molecule has 4 rings (SSSR count). The third-order valence-corrected chi connectivity index (χ3v) is 6.22. The first-order chi connectivity index (χ1) is 14.1. The van der Waals surface area contributed by atoms with E-state index in [4.69, 9.17) is 9.97 Å². The molecule has 0 unspecified atom stereocenters. The molecule has 4 aromatic rings. The van der Waals surface area contributed by atoms with E-state index >= 15 is 0 Å². The molecular formula is C23H15Br2FN2S. The van der Waals surface area contributed by atoms with Crippen LogP contribution in [0.1, 0.15) is 5.56 Å². The van der Waals surface area contributed by atoms with Gasteiger partial charge in [-0.2, -0.15) is 0 Å². The first-order valence-corrected chi connectivity index (χ1v) is 11.4. The second kappa shape index (κ2) is 9.20. The molecule has 6 heteroatoms. The van der Waals surface area contributed by atoms with Gasteiger partial charge in [-0.05, 0) is 48.0 Å². The average molecular weight is 530 g/mol. The summed E-state index contributed by atoms with van der Waals surface area (Å²) < 4.78 is 15.5. The summed E-state index contributed by atoms with van der Waals surface area (Å²) in [6, 6.07) is 24.7. The predicted octanol–water partition coefficient (Wildman–Crippen LogP) is 7.77. The summed E-state index contributed by atoms with van der Waals surface area (Å²) in [7, 11) is 0. The van der Waals surface area contributed by atoms with E-state index in [-0.39, 0.29) is 5.82 Å². The van der Waals surface area contributed by atoms with Crippen LogP contribution < -0.4 is 0 Å². The number of thioether (sulfide) groups is 1. The zero-order chi connectivity index (χ0) is 20.2. The van der Waals surface area contributed by atoms with Gasteiger partial charge in [0.1, 0.15) is 5.82 Å². The second-order valence-electron chi connectivity index (χ2n) is 6.35. The van der Waals surface area contributed by atoms with Gasteiger partial charge in [0.05, 0.1) is 11.4 Å². The van der Waals surface area contributed by atoms with Crippen molar-refractivity contribution < 1.29 is 4.39 Å². The molecule has 0 aliphatic carbocycles. The molecule has 0 aliphatic heterocycles. The van der Waals surface area contributed by atoms with Crippen molar-refractivity contribution in [1.29, 1.82) is 0 Å². The Balaban J connectivity index is 1.71. The van der Waals surface area contributed by atoms with E-state index in [1.54, 1.807) is 12.1 Å². The summed E-state index contributed by atoms with van der Waals surface area (Å²) in [4.78, 5) is 9.49. The molecule has 3 aromatic carbocycles. The van der Waals surface area contributed by atoms with Gasteiger partial charge < -0.3 is 0 Å². The zero-order valence-electron chi connectivity index (χ0n) is 15.1. The number of benzene rings is 3. The molecule has 0 N–H and O–H groups in total. The summed E-state index contributed by atoms with van der Waals surface area (Å²) in [5, 5.41) is 0.660. The minimum atomic E-state index is -0.233. The molecule has 2 nitrogen and oxygen atoms in total. The normalized spacial score (nSPS) is 10.9. The van der Waals surface area contributed by atoms with Crippen molar-refractivity contribution in [2.75, 3.05) is 0 Å². The quantitative estimate of drug-likeness (QED) is 0.195. The zero-order valence-corrected chi connectivity index (χ0v) is 19.1. The van der Waals surface area contributed by atoms with Gasteiger partial charge in [0.2, 0.25) is 0 Å². The Morgan fingerprint density at radius 2 is 1.28 bits per heavy atom. The SMILES string of the molecule is Fc1cccc(CSc2nc(-c3ccc(Br)cc3)cc(-c3ccc(Br)cc3)n2)c1. The van der Waals surface area contributed by atoms with Crippen molar-refractivity contribution in [2.24, 2.45) is 0 Å². The lowest BCUT2D eigenvalue weighted by atomic mass is 10.1. The fourth-order valence-electron chi connectivity index (χ4n) is 2.80. The summed E-state index contributed by atoms with van der Waals surface area (Å²) in [6.07, 6.45) is 0.